The first-order valence-corrected chi connectivity index (χ1v) is 9.90. The zero-order valence-electron chi connectivity index (χ0n) is 16.0. The Morgan fingerprint density at radius 3 is 2.64 bits per heavy atom. The lowest BCUT2D eigenvalue weighted by Gasteiger charge is -2.30. The van der Waals surface area contributed by atoms with Gasteiger partial charge in [0.15, 0.2) is 0 Å². The van der Waals surface area contributed by atoms with Gasteiger partial charge in [0.25, 0.3) is 0 Å². The number of aliphatic carboxylic acids is 1. The van der Waals surface area contributed by atoms with Gasteiger partial charge in [-0.2, -0.15) is 0 Å². The molecule has 0 aromatic heterocycles. The second-order valence-corrected chi connectivity index (χ2v) is 7.45. The van der Waals surface area contributed by atoms with Crippen LogP contribution >= 0.6 is 11.6 Å². The third-order valence-corrected chi connectivity index (χ3v) is 5.37. The Hall–Kier alpha value is -2.37. The van der Waals surface area contributed by atoms with E-state index in [9.17, 15) is 9.90 Å². The molecule has 148 valence electrons. The molecule has 2 aromatic rings. The number of carbonyl (C=O) groups is 1. The molecule has 2 aromatic carbocycles. The molecule has 3 rings (SSSR count). The van der Waals surface area contributed by atoms with E-state index in [1.807, 2.05) is 55.5 Å². The molecule has 1 heterocycles. The lowest BCUT2D eigenvalue weighted by Crippen LogP contribution is -2.40. The molecule has 1 aliphatic rings. The molecular weight excluding hydrogens is 376 g/mol. The van der Waals surface area contributed by atoms with E-state index in [4.69, 9.17) is 16.4 Å². The minimum Gasteiger partial charge on any atom is -0.481 e. The Balaban J connectivity index is 1.71. The fourth-order valence-electron chi connectivity index (χ4n) is 3.48. The summed E-state index contributed by atoms with van der Waals surface area (Å²) in [5.41, 5.74) is 3.58. The molecule has 0 spiro atoms. The van der Waals surface area contributed by atoms with Crippen LogP contribution in [0.4, 0.5) is 0 Å². The summed E-state index contributed by atoms with van der Waals surface area (Å²) in [6, 6.07) is 15.6. The summed E-state index contributed by atoms with van der Waals surface area (Å²) < 4.78 is 0. The molecule has 0 bridgehead atoms. The average molecular weight is 401 g/mol. The summed E-state index contributed by atoms with van der Waals surface area (Å²) in [5, 5.41) is 14.2. The number of likely N-dealkylation sites (tertiary alicyclic amines) is 1. The first-order chi connectivity index (χ1) is 13.6. The number of nitrogens with zero attached hydrogens (tertiary/aromatic N) is 2. The molecule has 1 fully saturated rings. The second-order valence-electron chi connectivity index (χ2n) is 7.05. The third-order valence-electron chi connectivity index (χ3n) is 5.04. The fraction of sp³-hybridized carbons (Fsp3) is 0.364. The van der Waals surface area contributed by atoms with E-state index in [-0.39, 0.29) is 5.92 Å². The predicted octanol–water partition coefficient (Wildman–Crippen LogP) is 4.21. The van der Waals surface area contributed by atoms with Crippen molar-refractivity contribution < 1.29 is 14.7 Å². The first kappa shape index (κ1) is 20.4. The van der Waals surface area contributed by atoms with Gasteiger partial charge in [-0.15, -0.1) is 0 Å². The standard InChI is InChI=1S/C22H25ClN2O3/c1-16-7-2-3-9-18(16)21(19-10-4-5-11-20(19)23)24-28-14-13-25-12-6-8-17(15-25)22(26)27/h2-5,7,9-11,17H,6,8,12-15H2,1H3,(H,26,27)/b24-21+. The Labute approximate surface area is 170 Å². The molecular formula is C22H25ClN2O3. The van der Waals surface area contributed by atoms with Crippen LogP contribution in [0.2, 0.25) is 5.02 Å². The van der Waals surface area contributed by atoms with Gasteiger partial charge in [-0.05, 0) is 37.9 Å². The van der Waals surface area contributed by atoms with Crippen LogP contribution in [-0.4, -0.2) is 47.9 Å². The van der Waals surface area contributed by atoms with E-state index < -0.39 is 5.97 Å². The Bertz CT molecular complexity index is 806. The number of benzene rings is 2. The van der Waals surface area contributed by atoms with E-state index in [0.29, 0.717) is 30.4 Å². The number of oxime groups is 1. The van der Waals surface area contributed by atoms with Crippen LogP contribution in [0.5, 0.6) is 0 Å². The van der Waals surface area contributed by atoms with Gasteiger partial charge >= 0.3 is 5.97 Å². The predicted molar refractivity (Wildman–Crippen MR) is 111 cm³/mol. The summed E-state index contributed by atoms with van der Waals surface area (Å²) in [6.07, 6.45) is 1.64. The maximum atomic E-state index is 11.2. The van der Waals surface area contributed by atoms with Crippen LogP contribution in [0, 0.1) is 12.8 Å². The van der Waals surface area contributed by atoms with Crippen LogP contribution in [0.1, 0.15) is 29.5 Å². The lowest BCUT2D eigenvalue weighted by molar-refractivity contribution is -0.143. The number of carboxylic acids is 1. The van der Waals surface area contributed by atoms with Crippen molar-refractivity contribution in [2.24, 2.45) is 11.1 Å². The minimum atomic E-state index is -0.718. The number of hydrogen-bond acceptors (Lipinski definition) is 4. The molecule has 0 aliphatic carbocycles. The van der Waals surface area contributed by atoms with Gasteiger partial charge in [0, 0.05) is 24.2 Å². The molecule has 6 heteroatoms. The number of rotatable bonds is 7. The van der Waals surface area contributed by atoms with Crippen molar-refractivity contribution >= 4 is 23.3 Å². The Kier molecular flexibility index (Phi) is 7.06. The number of piperidine rings is 1. The van der Waals surface area contributed by atoms with Gasteiger partial charge in [-0.1, -0.05) is 59.2 Å². The summed E-state index contributed by atoms with van der Waals surface area (Å²) >= 11 is 6.40. The highest BCUT2D eigenvalue weighted by atomic mass is 35.5. The average Bonchev–Trinajstić information content (AvgIpc) is 2.70. The van der Waals surface area contributed by atoms with Gasteiger partial charge in [-0.25, -0.2) is 0 Å². The van der Waals surface area contributed by atoms with Gasteiger partial charge in [0.1, 0.15) is 12.3 Å². The summed E-state index contributed by atoms with van der Waals surface area (Å²) in [7, 11) is 0. The van der Waals surface area contributed by atoms with Crippen molar-refractivity contribution in [2.75, 3.05) is 26.2 Å². The molecule has 1 atom stereocenters. The van der Waals surface area contributed by atoms with Crippen molar-refractivity contribution in [2.45, 2.75) is 19.8 Å². The van der Waals surface area contributed by atoms with Gasteiger partial charge in [0.05, 0.1) is 10.9 Å². The normalized spacial score (nSPS) is 18.1. The van der Waals surface area contributed by atoms with E-state index in [0.717, 1.165) is 36.1 Å². The van der Waals surface area contributed by atoms with Crippen LogP contribution in [0.25, 0.3) is 0 Å². The maximum absolute atomic E-state index is 11.2. The number of hydrogen-bond donors (Lipinski definition) is 1. The maximum Gasteiger partial charge on any atom is 0.307 e. The summed E-state index contributed by atoms with van der Waals surface area (Å²) in [4.78, 5) is 19.0. The van der Waals surface area contributed by atoms with Crippen molar-refractivity contribution in [3.63, 3.8) is 0 Å². The smallest absolute Gasteiger partial charge is 0.307 e. The number of aryl methyl sites for hydroxylation is 1. The lowest BCUT2D eigenvalue weighted by atomic mass is 9.98. The fourth-order valence-corrected chi connectivity index (χ4v) is 3.70. The number of halogens is 1. The molecule has 5 nitrogen and oxygen atoms in total. The van der Waals surface area contributed by atoms with Gasteiger partial charge in [0.2, 0.25) is 0 Å². The van der Waals surface area contributed by atoms with E-state index in [2.05, 4.69) is 10.1 Å². The van der Waals surface area contributed by atoms with E-state index >= 15 is 0 Å². The molecule has 0 amide bonds. The third kappa shape index (κ3) is 5.12. The summed E-state index contributed by atoms with van der Waals surface area (Å²) in [6.45, 7) is 4.54. The quantitative estimate of drug-likeness (QED) is 0.429. The van der Waals surface area contributed by atoms with Crippen LogP contribution in [0.3, 0.4) is 0 Å². The SMILES string of the molecule is Cc1ccccc1/C(=N\OCCN1CCCC(C(=O)O)C1)c1ccccc1Cl. The zero-order chi connectivity index (χ0) is 19.9. The Morgan fingerprint density at radius 2 is 1.93 bits per heavy atom. The van der Waals surface area contributed by atoms with Crippen LogP contribution in [-0.2, 0) is 9.63 Å². The monoisotopic (exact) mass is 400 g/mol. The summed E-state index contributed by atoms with van der Waals surface area (Å²) in [5.74, 6) is -1.01. The molecule has 1 saturated heterocycles. The van der Waals surface area contributed by atoms with E-state index in [1.165, 1.54) is 0 Å². The van der Waals surface area contributed by atoms with E-state index in [1.54, 1.807) is 0 Å². The molecule has 1 N–H and O–H groups in total. The van der Waals surface area contributed by atoms with Crippen molar-refractivity contribution in [1.82, 2.24) is 4.90 Å². The van der Waals surface area contributed by atoms with Crippen LogP contribution < -0.4 is 0 Å². The second kappa shape index (κ2) is 9.71. The molecule has 0 radical (unpaired) electrons. The highest BCUT2D eigenvalue weighted by Crippen LogP contribution is 2.22. The first-order valence-electron chi connectivity index (χ1n) is 9.52. The highest BCUT2D eigenvalue weighted by Gasteiger charge is 2.25. The van der Waals surface area contributed by atoms with Crippen molar-refractivity contribution in [3.05, 3.63) is 70.2 Å². The topological polar surface area (TPSA) is 62.1 Å². The molecule has 1 unspecified atom stereocenters. The van der Waals surface area contributed by atoms with Gasteiger partial charge < -0.3 is 9.94 Å². The molecule has 1 aliphatic heterocycles. The van der Waals surface area contributed by atoms with Gasteiger partial charge in [-0.3, -0.25) is 9.69 Å². The Morgan fingerprint density at radius 1 is 1.21 bits per heavy atom. The highest BCUT2D eigenvalue weighted by molar-refractivity contribution is 6.35. The van der Waals surface area contributed by atoms with Crippen molar-refractivity contribution in [1.29, 1.82) is 0 Å². The minimum absolute atomic E-state index is 0.289. The van der Waals surface area contributed by atoms with Crippen molar-refractivity contribution in [3.8, 4) is 0 Å². The molecule has 28 heavy (non-hydrogen) atoms. The van der Waals surface area contributed by atoms with Crippen LogP contribution in [0.15, 0.2) is 53.7 Å². The number of carboxylic acid groups (broad SMARTS) is 1. The zero-order valence-corrected chi connectivity index (χ0v) is 16.7. The molecule has 0 saturated carbocycles. The largest absolute Gasteiger partial charge is 0.481 e.